The molecule has 0 heterocycles. The Morgan fingerprint density at radius 3 is 1.59 bits per heavy atom. The van der Waals surface area contributed by atoms with Gasteiger partial charge in [-0.2, -0.15) is 0 Å². The van der Waals surface area contributed by atoms with Crippen LogP contribution in [0.5, 0.6) is 0 Å². The molecule has 0 bridgehead atoms. The summed E-state index contributed by atoms with van der Waals surface area (Å²) in [6.07, 6.45) is -0.832. The second-order valence-electron chi connectivity index (χ2n) is 9.65. The number of nitrogens with one attached hydrogen (secondary N) is 4. The number of carbonyl (C=O) groups excluding carboxylic acids is 8. The topological polar surface area (TPSA) is 263 Å². The van der Waals surface area contributed by atoms with Crippen molar-refractivity contribution in [2.45, 2.75) is 90.9 Å². The molecule has 0 saturated carbocycles. The van der Waals surface area contributed by atoms with E-state index in [2.05, 4.69) is 21.3 Å². The number of amides is 7. The predicted molar refractivity (Wildman–Crippen MR) is 139 cm³/mol. The van der Waals surface area contributed by atoms with Crippen LogP contribution in [-0.2, 0) is 38.4 Å². The van der Waals surface area contributed by atoms with Gasteiger partial charge in [0.05, 0.1) is 0 Å². The Bertz CT molecular complexity index is 953. The van der Waals surface area contributed by atoms with Crippen molar-refractivity contribution >= 4 is 47.1 Å². The first-order chi connectivity index (χ1) is 18.0. The van der Waals surface area contributed by atoms with Gasteiger partial charge in [-0.3, -0.25) is 38.4 Å². The van der Waals surface area contributed by atoms with Crippen molar-refractivity contribution in [3.63, 3.8) is 0 Å². The molecule has 0 aliphatic rings. The molecule has 0 rings (SSSR count). The standard InChI is InChI=1S/C24H41N7O8/c1-6-12(4)19(24(39)30-18(11(2)3)21(27)36)31-23(38)15(8-10-17(25)34)29-22(37)14(28-13(5)32)7-9-16(33)20(26)35/h11-12,14-15,18-19H,6-10H2,1-5H3,(H2,25,34)(H2,26,35)(H2,27,36)(H,28,32)(H,29,37)(H,30,39)(H,31,38)/t12-,14+,15+,18+,19+/m1/s1. The second-order valence-corrected chi connectivity index (χ2v) is 9.65. The molecule has 0 spiro atoms. The summed E-state index contributed by atoms with van der Waals surface area (Å²) in [7, 11) is 0. The highest BCUT2D eigenvalue weighted by atomic mass is 16.2. The van der Waals surface area contributed by atoms with Gasteiger partial charge < -0.3 is 38.5 Å². The van der Waals surface area contributed by atoms with E-state index >= 15 is 0 Å². The zero-order valence-corrected chi connectivity index (χ0v) is 23.0. The molecule has 10 N–H and O–H groups in total. The molecule has 39 heavy (non-hydrogen) atoms. The fourth-order valence-corrected chi connectivity index (χ4v) is 3.51. The lowest BCUT2D eigenvalue weighted by Crippen LogP contribution is -2.60. The number of nitrogens with two attached hydrogens (primary N) is 3. The molecule has 0 fully saturated rings. The van der Waals surface area contributed by atoms with E-state index in [1.54, 1.807) is 27.7 Å². The first-order valence-corrected chi connectivity index (χ1v) is 12.6. The molecular weight excluding hydrogens is 514 g/mol. The Morgan fingerprint density at radius 1 is 0.667 bits per heavy atom. The van der Waals surface area contributed by atoms with Crippen LogP contribution in [-0.4, -0.2) is 71.3 Å². The predicted octanol–water partition coefficient (Wildman–Crippen LogP) is -2.77. The van der Waals surface area contributed by atoms with Gasteiger partial charge in [0, 0.05) is 19.8 Å². The molecular formula is C24H41N7O8. The van der Waals surface area contributed by atoms with Crippen LogP contribution in [0, 0.1) is 11.8 Å². The van der Waals surface area contributed by atoms with Crippen LogP contribution < -0.4 is 38.5 Å². The molecule has 0 aromatic heterocycles. The molecule has 0 saturated heterocycles. The zero-order valence-electron chi connectivity index (χ0n) is 23.0. The van der Waals surface area contributed by atoms with E-state index in [1.807, 2.05) is 0 Å². The van der Waals surface area contributed by atoms with Crippen LogP contribution in [0.2, 0.25) is 0 Å². The van der Waals surface area contributed by atoms with Crippen molar-refractivity contribution in [2.75, 3.05) is 0 Å². The van der Waals surface area contributed by atoms with Crippen molar-refractivity contribution in [1.29, 1.82) is 0 Å². The third kappa shape index (κ3) is 12.8. The smallest absolute Gasteiger partial charge is 0.284 e. The minimum atomic E-state index is -1.37. The number of rotatable bonds is 18. The molecule has 0 aliphatic heterocycles. The van der Waals surface area contributed by atoms with Crippen LogP contribution in [0.4, 0.5) is 0 Å². The monoisotopic (exact) mass is 555 g/mol. The number of carbonyl (C=O) groups is 8. The highest BCUT2D eigenvalue weighted by Gasteiger charge is 2.33. The van der Waals surface area contributed by atoms with Crippen LogP contribution in [0.3, 0.4) is 0 Å². The van der Waals surface area contributed by atoms with E-state index in [0.717, 1.165) is 6.92 Å². The molecule has 0 aromatic rings. The van der Waals surface area contributed by atoms with E-state index in [-0.39, 0.29) is 25.2 Å². The third-order valence-corrected chi connectivity index (χ3v) is 6.01. The fraction of sp³-hybridized carbons (Fsp3) is 0.667. The number of Topliss-reactive ketones (excluding diaryl/α,β-unsaturated/α-hetero) is 1. The van der Waals surface area contributed by atoms with Crippen molar-refractivity contribution in [1.82, 2.24) is 21.3 Å². The minimum Gasteiger partial charge on any atom is -0.370 e. The van der Waals surface area contributed by atoms with Crippen LogP contribution in [0.25, 0.3) is 0 Å². The summed E-state index contributed by atoms with van der Waals surface area (Å²) < 4.78 is 0. The van der Waals surface area contributed by atoms with Gasteiger partial charge in [-0.15, -0.1) is 0 Å². The summed E-state index contributed by atoms with van der Waals surface area (Å²) in [6, 6.07) is -4.81. The van der Waals surface area contributed by atoms with E-state index in [9.17, 15) is 38.4 Å². The van der Waals surface area contributed by atoms with Gasteiger partial charge >= 0.3 is 0 Å². The summed E-state index contributed by atoms with van der Waals surface area (Å²) in [6.45, 7) is 7.97. The lowest BCUT2D eigenvalue weighted by molar-refractivity contribution is -0.137. The number of hydrogen-bond donors (Lipinski definition) is 7. The number of primary amides is 3. The Kier molecular flexibility index (Phi) is 15.0. The van der Waals surface area contributed by atoms with Gasteiger partial charge in [-0.25, -0.2) is 0 Å². The van der Waals surface area contributed by atoms with Gasteiger partial charge in [0.25, 0.3) is 5.91 Å². The lowest BCUT2D eigenvalue weighted by atomic mass is 9.96. The zero-order chi connectivity index (χ0) is 30.4. The Labute approximate surface area is 227 Å². The quantitative estimate of drug-likeness (QED) is 0.0868. The van der Waals surface area contributed by atoms with Crippen LogP contribution in [0.1, 0.15) is 66.7 Å². The van der Waals surface area contributed by atoms with E-state index in [0.29, 0.717) is 6.42 Å². The van der Waals surface area contributed by atoms with Crippen molar-refractivity contribution in [3.05, 3.63) is 0 Å². The van der Waals surface area contributed by atoms with Gasteiger partial charge in [0.2, 0.25) is 41.2 Å². The van der Waals surface area contributed by atoms with Crippen LogP contribution >= 0.6 is 0 Å². The number of ketones is 1. The molecule has 15 nitrogen and oxygen atoms in total. The summed E-state index contributed by atoms with van der Waals surface area (Å²) in [5, 5.41) is 9.82. The Hall–Kier alpha value is -4.04. The average Bonchev–Trinajstić information content (AvgIpc) is 2.83. The summed E-state index contributed by atoms with van der Waals surface area (Å²) >= 11 is 0. The molecule has 5 atom stereocenters. The summed E-state index contributed by atoms with van der Waals surface area (Å²) in [4.78, 5) is 96.6. The van der Waals surface area contributed by atoms with Gasteiger partial charge in [0.15, 0.2) is 0 Å². The Balaban J connectivity index is 5.91. The highest BCUT2D eigenvalue weighted by molar-refractivity contribution is 6.35. The van der Waals surface area contributed by atoms with Crippen molar-refractivity contribution < 1.29 is 38.4 Å². The summed E-state index contributed by atoms with van der Waals surface area (Å²) in [5.41, 5.74) is 15.5. The average molecular weight is 556 g/mol. The second kappa shape index (κ2) is 16.7. The van der Waals surface area contributed by atoms with Gasteiger partial charge in [-0.05, 0) is 24.7 Å². The molecule has 0 radical (unpaired) electrons. The van der Waals surface area contributed by atoms with Crippen molar-refractivity contribution in [3.8, 4) is 0 Å². The lowest BCUT2D eigenvalue weighted by Gasteiger charge is -2.29. The normalized spacial score (nSPS) is 14.6. The van der Waals surface area contributed by atoms with E-state index < -0.39 is 83.6 Å². The van der Waals surface area contributed by atoms with Gasteiger partial charge in [0.1, 0.15) is 24.2 Å². The SMILES string of the molecule is CC[C@@H](C)[C@H](NC(=O)[C@H](CCC(N)=O)NC(=O)[C@H](CCC(=O)C(N)=O)NC(C)=O)C(=O)N[C@H](C(N)=O)C(C)C. The highest BCUT2D eigenvalue weighted by Crippen LogP contribution is 2.11. The van der Waals surface area contributed by atoms with Crippen molar-refractivity contribution in [2.24, 2.45) is 29.0 Å². The molecule has 7 amide bonds. The minimum absolute atomic E-state index is 0.245. The molecule has 0 aliphatic carbocycles. The first kappa shape index (κ1) is 35.0. The molecule has 0 aromatic carbocycles. The maximum atomic E-state index is 13.2. The van der Waals surface area contributed by atoms with E-state index in [4.69, 9.17) is 17.2 Å². The van der Waals surface area contributed by atoms with Crippen LogP contribution in [0.15, 0.2) is 0 Å². The maximum Gasteiger partial charge on any atom is 0.284 e. The first-order valence-electron chi connectivity index (χ1n) is 12.6. The molecule has 15 heteroatoms. The van der Waals surface area contributed by atoms with E-state index in [1.165, 1.54) is 0 Å². The molecule has 220 valence electrons. The third-order valence-electron chi connectivity index (χ3n) is 6.01. The largest absolute Gasteiger partial charge is 0.370 e. The fourth-order valence-electron chi connectivity index (χ4n) is 3.51. The Morgan fingerprint density at radius 2 is 1.15 bits per heavy atom. The number of hydrogen-bond acceptors (Lipinski definition) is 8. The maximum absolute atomic E-state index is 13.2. The summed E-state index contributed by atoms with van der Waals surface area (Å²) in [5.74, 6) is -7.42. The van der Waals surface area contributed by atoms with Gasteiger partial charge in [-0.1, -0.05) is 34.1 Å². The molecule has 0 unspecified atom stereocenters.